The van der Waals surface area contributed by atoms with E-state index in [1.165, 1.54) is 0 Å². The molecule has 0 aliphatic heterocycles. The van der Waals surface area contributed by atoms with Crippen LogP contribution in [0.3, 0.4) is 0 Å². The fraction of sp³-hybridized carbons (Fsp3) is 0.238. The van der Waals surface area contributed by atoms with Gasteiger partial charge in [-0.05, 0) is 24.1 Å². The van der Waals surface area contributed by atoms with Crippen LogP contribution in [-0.2, 0) is 16.2 Å². The van der Waals surface area contributed by atoms with Crippen molar-refractivity contribution in [3.05, 3.63) is 66.2 Å². The van der Waals surface area contributed by atoms with Crippen LogP contribution in [0.5, 0.6) is 0 Å². The van der Waals surface area contributed by atoms with Crippen molar-refractivity contribution in [2.45, 2.75) is 20.1 Å². The van der Waals surface area contributed by atoms with E-state index in [1.54, 1.807) is 17.9 Å². The maximum absolute atomic E-state index is 12.4. The summed E-state index contributed by atoms with van der Waals surface area (Å²) in [5.74, 6) is -0.329. The van der Waals surface area contributed by atoms with Gasteiger partial charge in [0.25, 0.3) is 0 Å². The smallest absolute Gasteiger partial charge is 0.338 e. The van der Waals surface area contributed by atoms with Gasteiger partial charge in [-0.1, -0.05) is 55.5 Å². The van der Waals surface area contributed by atoms with Gasteiger partial charge in [-0.15, -0.1) is 0 Å². The van der Waals surface area contributed by atoms with Crippen LogP contribution in [0.1, 0.15) is 23.7 Å². The molecular weight excluding hydrogens is 328 g/mol. The van der Waals surface area contributed by atoms with E-state index >= 15 is 0 Å². The third kappa shape index (κ3) is 3.83. The van der Waals surface area contributed by atoms with E-state index in [4.69, 9.17) is 9.47 Å². The normalized spacial score (nSPS) is 10.7. The van der Waals surface area contributed by atoms with Gasteiger partial charge >= 0.3 is 5.97 Å². The summed E-state index contributed by atoms with van der Waals surface area (Å²) in [6.45, 7) is 2.70. The van der Waals surface area contributed by atoms with Crippen molar-refractivity contribution in [1.29, 1.82) is 0 Å². The van der Waals surface area contributed by atoms with Gasteiger partial charge in [-0.2, -0.15) is 5.10 Å². The molecule has 0 saturated heterocycles. The maximum Gasteiger partial charge on any atom is 0.338 e. The molecule has 0 aliphatic rings. The van der Waals surface area contributed by atoms with E-state index in [-0.39, 0.29) is 5.97 Å². The maximum atomic E-state index is 12.4. The molecule has 0 fully saturated rings. The lowest BCUT2D eigenvalue weighted by Gasteiger charge is -2.07. The van der Waals surface area contributed by atoms with Gasteiger partial charge < -0.3 is 9.47 Å². The molecule has 0 aliphatic carbocycles. The van der Waals surface area contributed by atoms with Crippen LogP contribution in [0.25, 0.3) is 22.5 Å². The number of hydrogen-bond donors (Lipinski definition) is 0. The van der Waals surface area contributed by atoms with Crippen LogP contribution >= 0.6 is 0 Å². The first kappa shape index (κ1) is 17.9. The Labute approximate surface area is 153 Å². The third-order valence-corrected chi connectivity index (χ3v) is 3.96. The molecule has 3 aromatic rings. The summed E-state index contributed by atoms with van der Waals surface area (Å²) in [7, 11) is 1.63. The predicted molar refractivity (Wildman–Crippen MR) is 101 cm³/mol. The molecule has 0 radical (unpaired) electrons. The van der Waals surface area contributed by atoms with Crippen LogP contribution in [0.15, 0.2) is 60.7 Å². The first-order valence-corrected chi connectivity index (χ1v) is 8.63. The zero-order chi connectivity index (χ0) is 18.4. The van der Waals surface area contributed by atoms with Gasteiger partial charge in [-0.3, -0.25) is 0 Å². The highest BCUT2D eigenvalue weighted by atomic mass is 16.5. The number of aromatic nitrogens is 2. The van der Waals surface area contributed by atoms with E-state index in [0.717, 1.165) is 23.2 Å². The number of carbonyl (C=O) groups is 1. The molecule has 1 heterocycles. The number of carbonyl (C=O) groups excluding carboxylic acids is 1. The highest BCUT2D eigenvalue weighted by Crippen LogP contribution is 2.28. The highest BCUT2D eigenvalue weighted by Gasteiger charge is 2.18. The quantitative estimate of drug-likeness (QED) is 0.593. The van der Waals surface area contributed by atoms with Crippen molar-refractivity contribution in [2.75, 3.05) is 13.7 Å². The Hall–Kier alpha value is -2.92. The molecular formula is C21H22N2O3. The number of rotatable bonds is 7. The van der Waals surface area contributed by atoms with Gasteiger partial charge in [0.1, 0.15) is 6.73 Å². The molecule has 134 valence electrons. The highest BCUT2D eigenvalue weighted by molar-refractivity contribution is 5.97. The van der Waals surface area contributed by atoms with Gasteiger partial charge in [0.05, 0.1) is 23.6 Å². The molecule has 0 bridgehead atoms. The lowest BCUT2D eigenvalue weighted by molar-refractivity contribution is 0.0506. The number of benzene rings is 2. The van der Waals surface area contributed by atoms with Crippen LogP contribution in [0.2, 0.25) is 0 Å². The molecule has 0 unspecified atom stereocenters. The second-order valence-corrected chi connectivity index (χ2v) is 5.88. The summed E-state index contributed by atoms with van der Waals surface area (Å²) in [5, 5.41) is 4.65. The number of hydrogen-bond acceptors (Lipinski definition) is 4. The Kier molecular flexibility index (Phi) is 5.81. The molecule has 0 saturated carbocycles. The molecule has 0 amide bonds. The minimum Gasteiger partial charge on any atom is -0.462 e. The standard InChI is InChI=1S/C21H22N2O3/c1-3-13-26-21(24)18-12-8-7-11-17(18)19-14-20(23(22-19)15-25-2)16-9-5-4-6-10-16/h4-12,14H,3,13,15H2,1-2H3. The Morgan fingerprint density at radius 3 is 2.54 bits per heavy atom. The van der Waals surface area contributed by atoms with E-state index in [9.17, 15) is 4.79 Å². The first-order valence-electron chi connectivity index (χ1n) is 8.63. The molecule has 0 atom stereocenters. The second-order valence-electron chi connectivity index (χ2n) is 5.88. The van der Waals surface area contributed by atoms with Crippen molar-refractivity contribution >= 4 is 5.97 Å². The molecule has 26 heavy (non-hydrogen) atoms. The van der Waals surface area contributed by atoms with Crippen LogP contribution in [0, 0.1) is 0 Å². The molecule has 5 heteroatoms. The topological polar surface area (TPSA) is 53.4 Å². The molecule has 0 spiro atoms. The lowest BCUT2D eigenvalue weighted by Crippen LogP contribution is -2.08. The number of methoxy groups -OCH3 is 1. The largest absolute Gasteiger partial charge is 0.462 e. The van der Waals surface area contributed by atoms with E-state index in [1.807, 2.05) is 61.5 Å². The van der Waals surface area contributed by atoms with Crippen molar-refractivity contribution in [2.24, 2.45) is 0 Å². The molecule has 1 aromatic heterocycles. The van der Waals surface area contributed by atoms with E-state index < -0.39 is 0 Å². The van der Waals surface area contributed by atoms with Crippen LogP contribution in [0.4, 0.5) is 0 Å². The van der Waals surface area contributed by atoms with Gasteiger partial charge in [-0.25, -0.2) is 9.48 Å². The van der Waals surface area contributed by atoms with E-state index in [2.05, 4.69) is 5.10 Å². The van der Waals surface area contributed by atoms with Gasteiger partial charge in [0.2, 0.25) is 0 Å². The van der Waals surface area contributed by atoms with Crippen molar-refractivity contribution in [3.8, 4) is 22.5 Å². The van der Waals surface area contributed by atoms with Crippen molar-refractivity contribution in [3.63, 3.8) is 0 Å². The Balaban J connectivity index is 2.04. The van der Waals surface area contributed by atoms with Crippen molar-refractivity contribution < 1.29 is 14.3 Å². The second kappa shape index (κ2) is 8.45. The zero-order valence-corrected chi connectivity index (χ0v) is 15.0. The Morgan fingerprint density at radius 2 is 1.81 bits per heavy atom. The fourth-order valence-electron chi connectivity index (χ4n) is 2.77. The third-order valence-electron chi connectivity index (χ3n) is 3.96. The van der Waals surface area contributed by atoms with Crippen LogP contribution in [-0.4, -0.2) is 29.5 Å². The molecule has 2 aromatic carbocycles. The van der Waals surface area contributed by atoms with Crippen molar-refractivity contribution in [1.82, 2.24) is 9.78 Å². The zero-order valence-electron chi connectivity index (χ0n) is 15.0. The number of nitrogens with zero attached hydrogens (tertiary/aromatic N) is 2. The number of ether oxygens (including phenoxy) is 2. The summed E-state index contributed by atoms with van der Waals surface area (Å²) >= 11 is 0. The molecule has 3 rings (SSSR count). The average molecular weight is 350 g/mol. The monoisotopic (exact) mass is 350 g/mol. The summed E-state index contributed by atoms with van der Waals surface area (Å²) in [5.41, 5.74) is 3.95. The summed E-state index contributed by atoms with van der Waals surface area (Å²) in [4.78, 5) is 12.4. The lowest BCUT2D eigenvalue weighted by atomic mass is 10.0. The SMILES string of the molecule is CCCOC(=O)c1ccccc1-c1cc(-c2ccccc2)n(COC)n1. The summed E-state index contributed by atoms with van der Waals surface area (Å²) < 4.78 is 12.4. The molecule has 5 nitrogen and oxygen atoms in total. The number of esters is 1. The Bertz CT molecular complexity index is 872. The summed E-state index contributed by atoms with van der Waals surface area (Å²) in [6, 6.07) is 19.3. The Morgan fingerprint density at radius 1 is 1.08 bits per heavy atom. The minimum atomic E-state index is -0.329. The average Bonchev–Trinajstić information content (AvgIpc) is 3.11. The predicted octanol–water partition coefficient (Wildman–Crippen LogP) is 4.39. The first-order chi connectivity index (χ1) is 12.7. The van der Waals surface area contributed by atoms with Gasteiger partial charge in [0.15, 0.2) is 0 Å². The minimum absolute atomic E-state index is 0.326. The van der Waals surface area contributed by atoms with Crippen LogP contribution < -0.4 is 0 Å². The molecule has 0 N–H and O–H groups in total. The van der Waals surface area contributed by atoms with Gasteiger partial charge in [0, 0.05) is 12.7 Å². The van der Waals surface area contributed by atoms with E-state index in [0.29, 0.717) is 24.6 Å². The summed E-state index contributed by atoms with van der Waals surface area (Å²) in [6.07, 6.45) is 0.786. The fourth-order valence-corrected chi connectivity index (χ4v) is 2.77.